The summed E-state index contributed by atoms with van der Waals surface area (Å²) in [6, 6.07) is -0.701. The zero-order valence-electron chi connectivity index (χ0n) is 46.0. The monoisotopic (exact) mass is 958 g/mol. The highest BCUT2D eigenvalue weighted by atomic mass is 16.5. The van der Waals surface area contributed by atoms with Gasteiger partial charge in [-0.15, -0.1) is 0 Å². The number of aliphatic hydroxyl groups is 2. The predicted molar refractivity (Wildman–Crippen MR) is 296 cm³/mol. The van der Waals surface area contributed by atoms with Crippen LogP contribution >= 0.6 is 0 Å². The molecule has 0 rings (SSSR count). The van der Waals surface area contributed by atoms with Crippen molar-refractivity contribution in [3.05, 3.63) is 24.3 Å². The lowest BCUT2D eigenvalue weighted by molar-refractivity contribution is -0.151. The van der Waals surface area contributed by atoms with Crippen molar-refractivity contribution in [2.75, 3.05) is 6.61 Å². The number of hydrogen-bond donors (Lipinski definition) is 3. The van der Waals surface area contributed by atoms with Crippen LogP contribution in [0.4, 0.5) is 0 Å². The lowest BCUT2D eigenvalue weighted by Gasteiger charge is -2.24. The smallest absolute Gasteiger partial charge is 0.306 e. The Labute approximate surface area is 424 Å². The molecule has 6 heteroatoms. The molecule has 0 saturated carbocycles. The number of carbonyl (C=O) groups excluding carboxylic acids is 2. The average Bonchev–Trinajstić information content (AvgIpc) is 3.33. The molecule has 3 N–H and O–H groups in total. The van der Waals surface area contributed by atoms with E-state index in [1.54, 1.807) is 0 Å². The molecule has 0 aliphatic rings. The molecular formula is C62H119NO5. The van der Waals surface area contributed by atoms with Crippen LogP contribution in [0, 0.1) is 0 Å². The van der Waals surface area contributed by atoms with Crippen molar-refractivity contribution in [2.24, 2.45) is 0 Å². The third-order valence-corrected chi connectivity index (χ3v) is 14.3. The Balaban J connectivity index is 4.51. The Hall–Kier alpha value is -1.66. The molecule has 0 fully saturated rings. The van der Waals surface area contributed by atoms with Gasteiger partial charge < -0.3 is 20.3 Å². The largest absolute Gasteiger partial charge is 0.462 e. The van der Waals surface area contributed by atoms with Gasteiger partial charge in [0.05, 0.1) is 25.2 Å². The molecule has 0 spiro atoms. The van der Waals surface area contributed by atoms with E-state index in [1.807, 2.05) is 0 Å². The predicted octanol–water partition coefficient (Wildman–Crippen LogP) is 19.0. The first-order valence-electron chi connectivity index (χ1n) is 30.6. The standard InChI is InChI=1S/C62H119NO5/c1-4-7-10-13-16-19-22-25-27-29-30-32-34-37-40-43-46-49-52-55-62(67)68-58(53-50-47-44-41-38-36-33-31-28-26-23-20-17-14-11-8-5-2)56-61(66)63-59(57-64)60(65)54-51-48-45-42-39-35-24-21-18-15-12-9-6-3/h17,20,26,28,58-60,64-65H,4-16,18-19,21-25,27,29-57H2,1-3H3,(H,63,66)/b20-17-,28-26-. The second-order valence-corrected chi connectivity index (χ2v) is 21.1. The van der Waals surface area contributed by atoms with Gasteiger partial charge in [-0.25, -0.2) is 0 Å². The highest BCUT2D eigenvalue weighted by Crippen LogP contribution is 2.19. The van der Waals surface area contributed by atoms with Gasteiger partial charge in [0.25, 0.3) is 0 Å². The Morgan fingerprint density at radius 2 is 0.750 bits per heavy atom. The Morgan fingerprint density at radius 3 is 1.15 bits per heavy atom. The van der Waals surface area contributed by atoms with E-state index in [9.17, 15) is 19.8 Å². The van der Waals surface area contributed by atoms with Crippen molar-refractivity contribution in [3.8, 4) is 0 Å². The third-order valence-electron chi connectivity index (χ3n) is 14.3. The fourth-order valence-electron chi connectivity index (χ4n) is 9.64. The maximum atomic E-state index is 13.3. The fraction of sp³-hybridized carbons (Fsp3) is 0.903. The molecule has 0 radical (unpaired) electrons. The highest BCUT2D eigenvalue weighted by Gasteiger charge is 2.24. The summed E-state index contributed by atoms with van der Waals surface area (Å²) in [6.45, 7) is 6.50. The normalized spacial score (nSPS) is 13.2. The summed E-state index contributed by atoms with van der Waals surface area (Å²) in [7, 11) is 0. The molecule has 0 saturated heterocycles. The van der Waals surface area contributed by atoms with Gasteiger partial charge in [0, 0.05) is 6.42 Å². The summed E-state index contributed by atoms with van der Waals surface area (Å²) >= 11 is 0. The molecule has 0 aromatic rings. The topological polar surface area (TPSA) is 95.9 Å². The summed E-state index contributed by atoms with van der Waals surface area (Å²) in [4.78, 5) is 26.3. The van der Waals surface area contributed by atoms with Crippen LogP contribution in [0.15, 0.2) is 24.3 Å². The molecule has 402 valence electrons. The van der Waals surface area contributed by atoms with Crippen molar-refractivity contribution in [3.63, 3.8) is 0 Å². The maximum absolute atomic E-state index is 13.3. The first-order valence-corrected chi connectivity index (χ1v) is 30.6. The number of rotatable bonds is 56. The van der Waals surface area contributed by atoms with E-state index in [0.717, 1.165) is 64.2 Å². The van der Waals surface area contributed by atoms with E-state index in [2.05, 4.69) is 50.4 Å². The number of nitrogens with one attached hydrogen (secondary N) is 1. The van der Waals surface area contributed by atoms with E-state index in [1.165, 1.54) is 225 Å². The van der Waals surface area contributed by atoms with E-state index in [-0.39, 0.29) is 24.9 Å². The van der Waals surface area contributed by atoms with Gasteiger partial charge in [0.2, 0.25) is 5.91 Å². The SMILES string of the molecule is CCCCC/C=C\C/C=C\CCCCCCCCCC(CC(=O)NC(CO)C(O)CCCCCCCCCCCCCCC)OC(=O)CCCCCCCCCCCCCCCCCCCCC. The van der Waals surface area contributed by atoms with Crippen molar-refractivity contribution in [1.29, 1.82) is 0 Å². The molecule has 6 nitrogen and oxygen atoms in total. The van der Waals surface area contributed by atoms with E-state index in [4.69, 9.17) is 4.74 Å². The molecule has 0 bridgehead atoms. The number of esters is 1. The van der Waals surface area contributed by atoms with Gasteiger partial charge >= 0.3 is 5.97 Å². The molecular weight excluding hydrogens is 839 g/mol. The van der Waals surface area contributed by atoms with Gasteiger partial charge in [0.1, 0.15) is 6.10 Å². The number of allylic oxidation sites excluding steroid dienone is 4. The summed E-state index contributed by atoms with van der Waals surface area (Å²) in [5.41, 5.74) is 0. The van der Waals surface area contributed by atoms with Gasteiger partial charge in [-0.2, -0.15) is 0 Å². The minimum Gasteiger partial charge on any atom is -0.462 e. The highest BCUT2D eigenvalue weighted by molar-refractivity contribution is 5.77. The lowest BCUT2D eigenvalue weighted by atomic mass is 10.0. The van der Waals surface area contributed by atoms with Crippen molar-refractivity contribution >= 4 is 11.9 Å². The molecule has 0 aliphatic heterocycles. The van der Waals surface area contributed by atoms with Gasteiger partial charge in [-0.05, 0) is 57.8 Å². The van der Waals surface area contributed by atoms with Crippen molar-refractivity contribution in [1.82, 2.24) is 5.32 Å². The van der Waals surface area contributed by atoms with Crippen LogP contribution in [0.3, 0.4) is 0 Å². The molecule has 0 aromatic heterocycles. The number of hydrogen-bond acceptors (Lipinski definition) is 5. The van der Waals surface area contributed by atoms with Gasteiger partial charge in [-0.1, -0.05) is 289 Å². The van der Waals surface area contributed by atoms with E-state index < -0.39 is 18.2 Å². The molecule has 0 aliphatic carbocycles. The van der Waals surface area contributed by atoms with Crippen LogP contribution < -0.4 is 5.32 Å². The zero-order valence-corrected chi connectivity index (χ0v) is 46.0. The minimum atomic E-state index is -0.787. The second kappa shape index (κ2) is 56.3. The molecule has 0 aromatic carbocycles. The Kier molecular flexibility index (Phi) is 54.9. The van der Waals surface area contributed by atoms with Crippen molar-refractivity contribution in [2.45, 2.75) is 354 Å². The number of unbranched alkanes of at least 4 members (excludes halogenated alkanes) is 40. The van der Waals surface area contributed by atoms with Gasteiger partial charge in [-0.3, -0.25) is 9.59 Å². The van der Waals surface area contributed by atoms with Crippen LogP contribution in [-0.2, 0) is 14.3 Å². The van der Waals surface area contributed by atoms with E-state index >= 15 is 0 Å². The molecule has 68 heavy (non-hydrogen) atoms. The Bertz CT molecular complexity index is 1080. The summed E-state index contributed by atoms with van der Waals surface area (Å²) < 4.78 is 5.98. The molecule has 0 heterocycles. The number of carbonyl (C=O) groups is 2. The molecule has 3 unspecified atom stereocenters. The first kappa shape index (κ1) is 66.3. The van der Waals surface area contributed by atoms with Crippen LogP contribution in [-0.4, -0.2) is 46.9 Å². The van der Waals surface area contributed by atoms with Crippen LogP contribution in [0.5, 0.6) is 0 Å². The minimum absolute atomic E-state index is 0.0784. The maximum Gasteiger partial charge on any atom is 0.306 e. The quantitative estimate of drug-likeness (QED) is 0.0321. The van der Waals surface area contributed by atoms with Crippen LogP contribution in [0.2, 0.25) is 0 Å². The molecule has 3 atom stereocenters. The summed E-state index contributed by atoms with van der Waals surface area (Å²) in [5.74, 6) is -0.459. The third kappa shape index (κ3) is 50.7. The van der Waals surface area contributed by atoms with E-state index in [0.29, 0.717) is 19.3 Å². The fourth-order valence-corrected chi connectivity index (χ4v) is 9.64. The second-order valence-electron chi connectivity index (χ2n) is 21.1. The number of amides is 1. The van der Waals surface area contributed by atoms with Crippen molar-refractivity contribution < 1.29 is 24.5 Å². The van der Waals surface area contributed by atoms with Crippen LogP contribution in [0.1, 0.15) is 335 Å². The Morgan fingerprint density at radius 1 is 0.426 bits per heavy atom. The summed E-state index contributed by atoms with van der Waals surface area (Å²) in [6.07, 6.45) is 66.8. The zero-order chi connectivity index (χ0) is 49.5. The van der Waals surface area contributed by atoms with Crippen LogP contribution in [0.25, 0.3) is 0 Å². The average molecular weight is 959 g/mol. The first-order chi connectivity index (χ1) is 33.5. The molecule has 1 amide bonds. The lowest BCUT2D eigenvalue weighted by Crippen LogP contribution is -2.46. The number of ether oxygens (including phenoxy) is 1. The van der Waals surface area contributed by atoms with Gasteiger partial charge in [0.15, 0.2) is 0 Å². The number of aliphatic hydroxyl groups excluding tert-OH is 2. The summed E-state index contributed by atoms with van der Waals surface area (Å²) in [5, 5.41) is 23.9.